The second-order valence-corrected chi connectivity index (χ2v) is 7.15. The summed E-state index contributed by atoms with van der Waals surface area (Å²) in [6.45, 7) is 5.99. The molecule has 1 saturated heterocycles. The molecular formula is C19H26N4OS. The largest absolute Gasteiger partial charge is 0.379 e. The van der Waals surface area contributed by atoms with Gasteiger partial charge in [0.1, 0.15) is 0 Å². The Labute approximate surface area is 153 Å². The monoisotopic (exact) mass is 358 g/mol. The lowest BCUT2D eigenvalue weighted by Crippen LogP contribution is -2.36. The van der Waals surface area contributed by atoms with Crippen LogP contribution in [0.1, 0.15) is 16.0 Å². The maximum absolute atomic E-state index is 6.01. The summed E-state index contributed by atoms with van der Waals surface area (Å²) >= 11 is 1.77. The molecule has 25 heavy (non-hydrogen) atoms. The molecule has 1 aromatic heterocycles. The van der Waals surface area contributed by atoms with Crippen LogP contribution in [0.5, 0.6) is 0 Å². The number of aliphatic imine (C=N–C) groups is 1. The van der Waals surface area contributed by atoms with Crippen molar-refractivity contribution in [1.29, 1.82) is 0 Å². The Balaban J connectivity index is 1.51. The van der Waals surface area contributed by atoms with Crippen LogP contribution in [0.25, 0.3) is 0 Å². The molecule has 1 fully saturated rings. The maximum Gasteiger partial charge on any atom is 0.188 e. The maximum atomic E-state index is 6.01. The summed E-state index contributed by atoms with van der Waals surface area (Å²) in [4.78, 5) is 8.29. The summed E-state index contributed by atoms with van der Waals surface area (Å²) in [5, 5.41) is 5.29. The van der Waals surface area contributed by atoms with Crippen molar-refractivity contribution in [2.24, 2.45) is 10.7 Å². The molecule has 134 valence electrons. The van der Waals surface area contributed by atoms with Crippen LogP contribution in [0.2, 0.25) is 0 Å². The number of ether oxygens (including phenoxy) is 1. The molecule has 0 amide bonds. The van der Waals surface area contributed by atoms with Gasteiger partial charge in [0.25, 0.3) is 0 Å². The highest BCUT2D eigenvalue weighted by Crippen LogP contribution is 2.14. The van der Waals surface area contributed by atoms with Gasteiger partial charge in [-0.15, -0.1) is 11.3 Å². The molecule has 3 rings (SSSR count). The Bertz CT molecular complexity index is 666. The zero-order chi connectivity index (χ0) is 17.3. The van der Waals surface area contributed by atoms with E-state index >= 15 is 0 Å². The second kappa shape index (κ2) is 9.56. The Kier molecular flexibility index (Phi) is 6.85. The van der Waals surface area contributed by atoms with Crippen molar-refractivity contribution in [2.45, 2.75) is 19.5 Å². The van der Waals surface area contributed by atoms with Crippen LogP contribution in [0.15, 0.2) is 46.8 Å². The normalized spacial score (nSPS) is 16.1. The SMILES string of the molecule is NC(=NCc1ccccc1CN1CCOCC1)NCCc1cccs1. The first-order valence-corrected chi connectivity index (χ1v) is 9.62. The molecule has 2 heterocycles. The quantitative estimate of drug-likeness (QED) is 0.588. The molecule has 0 atom stereocenters. The zero-order valence-corrected chi connectivity index (χ0v) is 15.3. The van der Waals surface area contributed by atoms with E-state index in [9.17, 15) is 0 Å². The molecular weight excluding hydrogens is 332 g/mol. The van der Waals surface area contributed by atoms with E-state index in [1.165, 1.54) is 16.0 Å². The molecule has 0 aliphatic carbocycles. The predicted octanol–water partition coefficient (Wildman–Crippen LogP) is 2.23. The van der Waals surface area contributed by atoms with Gasteiger partial charge in [0.2, 0.25) is 0 Å². The first kappa shape index (κ1) is 17.9. The first-order chi connectivity index (χ1) is 12.3. The fourth-order valence-corrected chi connectivity index (χ4v) is 3.57. The van der Waals surface area contributed by atoms with E-state index in [4.69, 9.17) is 10.5 Å². The number of rotatable bonds is 7. The van der Waals surface area contributed by atoms with Crippen molar-refractivity contribution in [3.63, 3.8) is 0 Å². The molecule has 5 nitrogen and oxygen atoms in total. The van der Waals surface area contributed by atoms with Crippen molar-refractivity contribution in [3.8, 4) is 0 Å². The van der Waals surface area contributed by atoms with Gasteiger partial charge < -0.3 is 15.8 Å². The number of guanidine groups is 1. The summed E-state index contributed by atoms with van der Waals surface area (Å²) in [6, 6.07) is 12.7. The Morgan fingerprint density at radius 3 is 2.72 bits per heavy atom. The number of nitrogens with zero attached hydrogens (tertiary/aromatic N) is 2. The summed E-state index contributed by atoms with van der Waals surface area (Å²) < 4.78 is 5.42. The van der Waals surface area contributed by atoms with E-state index < -0.39 is 0 Å². The van der Waals surface area contributed by atoms with Gasteiger partial charge in [-0.2, -0.15) is 0 Å². The number of thiophene rings is 1. The van der Waals surface area contributed by atoms with E-state index in [2.05, 4.69) is 57.0 Å². The minimum Gasteiger partial charge on any atom is -0.379 e. The lowest BCUT2D eigenvalue weighted by molar-refractivity contribution is 0.0341. The molecule has 2 aromatic rings. The van der Waals surface area contributed by atoms with Crippen LogP contribution >= 0.6 is 11.3 Å². The number of nitrogens with one attached hydrogen (secondary N) is 1. The van der Waals surface area contributed by atoms with Crippen molar-refractivity contribution < 1.29 is 4.74 Å². The summed E-state index contributed by atoms with van der Waals surface area (Å²) in [5.41, 5.74) is 8.56. The number of benzene rings is 1. The average molecular weight is 359 g/mol. The molecule has 0 unspecified atom stereocenters. The summed E-state index contributed by atoms with van der Waals surface area (Å²) in [6.07, 6.45) is 0.974. The third-order valence-corrected chi connectivity index (χ3v) is 5.23. The minimum absolute atomic E-state index is 0.512. The van der Waals surface area contributed by atoms with Crippen molar-refractivity contribution in [2.75, 3.05) is 32.8 Å². The molecule has 6 heteroatoms. The topological polar surface area (TPSA) is 62.9 Å². The van der Waals surface area contributed by atoms with E-state index in [1.807, 2.05) is 0 Å². The second-order valence-electron chi connectivity index (χ2n) is 6.11. The molecule has 0 saturated carbocycles. The predicted molar refractivity (Wildman–Crippen MR) is 104 cm³/mol. The molecule has 3 N–H and O–H groups in total. The van der Waals surface area contributed by atoms with Gasteiger partial charge >= 0.3 is 0 Å². The van der Waals surface area contributed by atoms with Crippen LogP contribution in [-0.2, 0) is 24.2 Å². The number of morpholine rings is 1. The van der Waals surface area contributed by atoms with Crippen LogP contribution in [0, 0.1) is 0 Å². The molecule has 0 radical (unpaired) electrons. The molecule has 1 aliphatic heterocycles. The van der Waals surface area contributed by atoms with Crippen molar-refractivity contribution >= 4 is 17.3 Å². The third-order valence-electron chi connectivity index (χ3n) is 4.29. The Hall–Kier alpha value is -1.89. The molecule has 1 aliphatic rings. The fraction of sp³-hybridized carbons (Fsp3) is 0.421. The highest BCUT2D eigenvalue weighted by Gasteiger charge is 2.12. The van der Waals surface area contributed by atoms with Gasteiger partial charge in [0.05, 0.1) is 19.8 Å². The standard InChI is InChI=1S/C19H26N4OS/c20-19(21-8-7-18-6-3-13-25-18)22-14-16-4-1-2-5-17(16)15-23-9-11-24-12-10-23/h1-6,13H,7-12,14-15H2,(H3,20,21,22). The van der Waals surface area contributed by atoms with Crippen molar-refractivity contribution in [1.82, 2.24) is 10.2 Å². The van der Waals surface area contributed by atoms with Gasteiger partial charge in [-0.3, -0.25) is 4.90 Å². The van der Waals surface area contributed by atoms with E-state index in [-0.39, 0.29) is 0 Å². The van der Waals surface area contributed by atoms with Crippen LogP contribution in [0.4, 0.5) is 0 Å². The summed E-state index contributed by atoms with van der Waals surface area (Å²) in [7, 11) is 0. The van der Waals surface area contributed by atoms with Gasteiger partial charge in [0, 0.05) is 31.1 Å². The van der Waals surface area contributed by atoms with Crippen LogP contribution < -0.4 is 11.1 Å². The molecule has 0 bridgehead atoms. The van der Waals surface area contributed by atoms with Crippen LogP contribution in [0.3, 0.4) is 0 Å². The molecule has 0 spiro atoms. The van der Waals surface area contributed by atoms with E-state index in [1.54, 1.807) is 11.3 Å². The number of hydrogen-bond acceptors (Lipinski definition) is 4. The Morgan fingerprint density at radius 2 is 1.96 bits per heavy atom. The van der Waals surface area contributed by atoms with Gasteiger partial charge in [0.15, 0.2) is 5.96 Å². The average Bonchev–Trinajstić information content (AvgIpc) is 3.15. The third kappa shape index (κ3) is 5.85. The lowest BCUT2D eigenvalue weighted by atomic mass is 10.1. The lowest BCUT2D eigenvalue weighted by Gasteiger charge is -2.27. The van der Waals surface area contributed by atoms with Gasteiger partial charge in [-0.05, 0) is 29.0 Å². The Morgan fingerprint density at radius 1 is 1.16 bits per heavy atom. The highest BCUT2D eigenvalue weighted by atomic mass is 32.1. The van der Waals surface area contributed by atoms with Gasteiger partial charge in [-0.25, -0.2) is 4.99 Å². The number of nitrogens with two attached hydrogens (primary N) is 1. The highest BCUT2D eigenvalue weighted by molar-refractivity contribution is 7.09. The van der Waals surface area contributed by atoms with Crippen molar-refractivity contribution in [3.05, 3.63) is 57.8 Å². The summed E-state index contributed by atoms with van der Waals surface area (Å²) in [5.74, 6) is 0.512. The van der Waals surface area contributed by atoms with Gasteiger partial charge in [-0.1, -0.05) is 30.3 Å². The van der Waals surface area contributed by atoms with E-state index in [0.29, 0.717) is 12.5 Å². The number of hydrogen-bond donors (Lipinski definition) is 2. The fourth-order valence-electron chi connectivity index (χ4n) is 2.86. The zero-order valence-electron chi connectivity index (χ0n) is 14.5. The minimum atomic E-state index is 0.512. The molecule has 1 aromatic carbocycles. The first-order valence-electron chi connectivity index (χ1n) is 8.74. The van der Waals surface area contributed by atoms with E-state index in [0.717, 1.165) is 45.8 Å². The van der Waals surface area contributed by atoms with Crippen LogP contribution in [-0.4, -0.2) is 43.7 Å². The smallest absolute Gasteiger partial charge is 0.188 e.